The number of hydrogen-bond donors (Lipinski definition) is 0. The van der Waals surface area contributed by atoms with Crippen molar-refractivity contribution in [2.24, 2.45) is 5.92 Å². The Bertz CT molecular complexity index is 337. The Balaban J connectivity index is 2.00. The molecular formula is C13H18O2. The first-order valence-corrected chi connectivity index (χ1v) is 5.77. The van der Waals surface area contributed by atoms with E-state index in [4.69, 9.17) is 4.42 Å². The Kier molecular flexibility index (Phi) is 2.94. The second kappa shape index (κ2) is 4.21. The van der Waals surface area contributed by atoms with Crippen LogP contribution in [-0.4, -0.2) is 5.78 Å². The fourth-order valence-corrected chi connectivity index (χ4v) is 2.29. The van der Waals surface area contributed by atoms with Gasteiger partial charge in [0.1, 0.15) is 5.76 Å². The maximum Gasteiger partial charge on any atom is 0.198 e. The summed E-state index contributed by atoms with van der Waals surface area (Å²) < 4.78 is 5.44. The SMILES string of the molecule is Cc1cc(C(=O)CC2CCCC2)oc1C. The van der Waals surface area contributed by atoms with E-state index in [1.54, 1.807) is 0 Å². The number of rotatable bonds is 3. The lowest BCUT2D eigenvalue weighted by Crippen LogP contribution is -2.04. The number of aryl methyl sites for hydroxylation is 2. The van der Waals surface area contributed by atoms with Crippen LogP contribution in [0.3, 0.4) is 0 Å². The van der Waals surface area contributed by atoms with Crippen molar-refractivity contribution in [3.8, 4) is 0 Å². The molecule has 0 spiro atoms. The summed E-state index contributed by atoms with van der Waals surface area (Å²) in [5.41, 5.74) is 1.07. The first-order valence-electron chi connectivity index (χ1n) is 5.77. The normalized spacial score (nSPS) is 17.2. The molecule has 82 valence electrons. The number of ketones is 1. The molecule has 1 saturated carbocycles. The molecule has 0 aromatic carbocycles. The third kappa shape index (κ3) is 2.31. The van der Waals surface area contributed by atoms with E-state index < -0.39 is 0 Å². The van der Waals surface area contributed by atoms with Crippen molar-refractivity contribution in [3.05, 3.63) is 23.2 Å². The Labute approximate surface area is 90.7 Å². The highest BCUT2D eigenvalue weighted by molar-refractivity contribution is 5.93. The van der Waals surface area contributed by atoms with E-state index in [1.807, 2.05) is 19.9 Å². The summed E-state index contributed by atoms with van der Waals surface area (Å²) in [5.74, 6) is 2.20. The van der Waals surface area contributed by atoms with Gasteiger partial charge in [0.2, 0.25) is 0 Å². The first-order chi connectivity index (χ1) is 7.16. The van der Waals surface area contributed by atoms with Crippen molar-refractivity contribution in [2.75, 3.05) is 0 Å². The zero-order valence-corrected chi connectivity index (χ0v) is 9.51. The summed E-state index contributed by atoms with van der Waals surface area (Å²) in [4.78, 5) is 11.9. The van der Waals surface area contributed by atoms with E-state index in [9.17, 15) is 4.79 Å². The lowest BCUT2D eigenvalue weighted by Gasteiger charge is -2.05. The molecule has 2 nitrogen and oxygen atoms in total. The van der Waals surface area contributed by atoms with Crippen LogP contribution in [0.25, 0.3) is 0 Å². The average molecular weight is 206 g/mol. The summed E-state index contributed by atoms with van der Waals surface area (Å²) in [6, 6.07) is 1.87. The second-order valence-electron chi connectivity index (χ2n) is 4.63. The molecule has 1 aromatic rings. The molecule has 2 heteroatoms. The maximum absolute atomic E-state index is 11.9. The predicted molar refractivity (Wildman–Crippen MR) is 59.1 cm³/mol. The highest BCUT2D eigenvalue weighted by Crippen LogP contribution is 2.29. The molecule has 1 aliphatic carbocycles. The third-order valence-electron chi connectivity index (χ3n) is 3.39. The smallest absolute Gasteiger partial charge is 0.198 e. The second-order valence-corrected chi connectivity index (χ2v) is 4.63. The Hall–Kier alpha value is -1.05. The topological polar surface area (TPSA) is 30.2 Å². The largest absolute Gasteiger partial charge is 0.458 e. The zero-order valence-electron chi connectivity index (χ0n) is 9.51. The van der Waals surface area contributed by atoms with Crippen LogP contribution in [0, 0.1) is 19.8 Å². The van der Waals surface area contributed by atoms with Gasteiger partial charge in [-0.05, 0) is 31.4 Å². The molecule has 0 saturated heterocycles. The molecule has 2 rings (SSSR count). The van der Waals surface area contributed by atoms with Crippen molar-refractivity contribution in [1.82, 2.24) is 0 Å². The number of Topliss-reactive ketones (excluding diaryl/α,β-unsaturated/α-hetero) is 1. The summed E-state index contributed by atoms with van der Waals surface area (Å²) in [6.45, 7) is 3.88. The molecule has 1 aromatic heterocycles. The van der Waals surface area contributed by atoms with Gasteiger partial charge in [-0.3, -0.25) is 4.79 Å². The van der Waals surface area contributed by atoms with Crippen molar-refractivity contribution < 1.29 is 9.21 Å². The van der Waals surface area contributed by atoms with Crippen LogP contribution >= 0.6 is 0 Å². The minimum Gasteiger partial charge on any atom is -0.458 e. The maximum atomic E-state index is 11.9. The molecule has 1 fully saturated rings. The summed E-state index contributed by atoms with van der Waals surface area (Å²) in [7, 11) is 0. The summed E-state index contributed by atoms with van der Waals surface area (Å²) in [6.07, 6.45) is 5.67. The van der Waals surface area contributed by atoms with Gasteiger partial charge in [-0.15, -0.1) is 0 Å². The molecule has 0 N–H and O–H groups in total. The fraction of sp³-hybridized carbons (Fsp3) is 0.615. The lowest BCUT2D eigenvalue weighted by atomic mass is 10.00. The molecular weight excluding hydrogens is 188 g/mol. The zero-order chi connectivity index (χ0) is 10.8. The number of carbonyl (C=O) groups is 1. The monoisotopic (exact) mass is 206 g/mol. The molecule has 0 unspecified atom stereocenters. The highest BCUT2D eigenvalue weighted by Gasteiger charge is 2.21. The van der Waals surface area contributed by atoms with Crippen LogP contribution in [-0.2, 0) is 0 Å². The van der Waals surface area contributed by atoms with Crippen LogP contribution in [0.1, 0.15) is 54.0 Å². The van der Waals surface area contributed by atoms with Gasteiger partial charge in [-0.25, -0.2) is 0 Å². The van der Waals surface area contributed by atoms with Gasteiger partial charge in [0.25, 0.3) is 0 Å². The summed E-state index contributed by atoms with van der Waals surface area (Å²) in [5, 5.41) is 0. The van der Waals surface area contributed by atoms with Gasteiger partial charge in [-0.2, -0.15) is 0 Å². The van der Waals surface area contributed by atoms with Gasteiger partial charge in [-0.1, -0.05) is 25.7 Å². The molecule has 0 aliphatic heterocycles. The van der Waals surface area contributed by atoms with Gasteiger partial charge in [0.15, 0.2) is 11.5 Å². The van der Waals surface area contributed by atoms with Crippen LogP contribution < -0.4 is 0 Å². The minimum atomic E-state index is 0.179. The predicted octanol–water partition coefficient (Wildman–Crippen LogP) is 3.66. The van der Waals surface area contributed by atoms with E-state index >= 15 is 0 Å². The lowest BCUT2D eigenvalue weighted by molar-refractivity contribution is 0.0933. The number of hydrogen-bond acceptors (Lipinski definition) is 2. The van der Waals surface area contributed by atoms with E-state index in [-0.39, 0.29) is 5.78 Å². The van der Waals surface area contributed by atoms with Gasteiger partial charge >= 0.3 is 0 Å². The standard InChI is InChI=1S/C13H18O2/c1-9-7-13(15-10(9)2)12(14)8-11-5-3-4-6-11/h7,11H,3-6,8H2,1-2H3. The molecule has 15 heavy (non-hydrogen) atoms. The Morgan fingerprint density at radius 3 is 2.60 bits per heavy atom. The molecule has 0 amide bonds. The average Bonchev–Trinajstić information content (AvgIpc) is 2.78. The van der Waals surface area contributed by atoms with Gasteiger partial charge in [0.05, 0.1) is 0 Å². The molecule has 0 atom stereocenters. The quantitative estimate of drug-likeness (QED) is 0.706. The molecule has 1 heterocycles. The van der Waals surface area contributed by atoms with Crippen molar-refractivity contribution in [1.29, 1.82) is 0 Å². The van der Waals surface area contributed by atoms with Crippen molar-refractivity contribution >= 4 is 5.78 Å². The van der Waals surface area contributed by atoms with Crippen molar-refractivity contribution in [3.63, 3.8) is 0 Å². The van der Waals surface area contributed by atoms with Gasteiger partial charge < -0.3 is 4.42 Å². The molecule has 1 aliphatic rings. The number of carbonyl (C=O) groups excluding carboxylic acids is 1. The summed E-state index contributed by atoms with van der Waals surface area (Å²) >= 11 is 0. The minimum absolute atomic E-state index is 0.179. The van der Waals surface area contributed by atoms with Crippen LogP contribution in [0.4, 0.5) is 0 Å². The highest BCUT2D eigenvalue weighted by atomic mass is 16.3. The molecule has 0 radical (unpaired) electrons. The van der Waals surface area contributed by atoms with Crippen LogP contribution in [0.2, 0.25) is 0 Å². The van der Waals surface area contributed by atoms with E-state index in [2.05, 4.69) is 0 Å². The van der Waals surface area contributed by atoms with Crippen LogP contribution in [0.15, 0.2) is 10.5 Å². The Morgan fingerprint density at radius 1 is 1.40 bits per heavy atom. The van der Waals surface area contributed by atoms with E-state index in [0.717, 1.165) is 11.3 Å². The third-order valence-corrected chi connectivity index (χ3v) is 3.39. The first kappa shape index (κ1) is 10.5. The van der Waals surface area contributed by atoms with Gasteiger partial charge in [0, 0.05) is 6.42 Å². The fourth-order valence-electron chi connectivity index (χ4n) is 2.29. The van der Waals surface area contributed by atoms with E-state index in [1.165, 1.54) is 25.7 Å². The number of furan rings is 1. The van der Waals surface area contributed by atoms with Crippen molar-refractivity contribution in [2.45, 2.75) is 46.0 Å². The van der Waals surface area contributed by atoms with E-state index in [0.29, 0.717) is 18.1 Å². The Morgan fingerprint density at radius 2 is 2.07 bits per heavy atom. The van der Waals surface area contributed by atoms with Crippen LogP contribution in [0.5, 0.6) is 0 Å². The molecule has 0 bridgehead atoms.